The molecule has 0 atom stereocenters. The molecule has 18 heavy (non-hydrogen) atoms. The Balaban J connectivity index is 2.10. The Kier molecular flexibility index (Phi) is 2.39. The van der Waals surface area contributed by atoms with Gasteiger partial charge in [-0.05, 0) is 41.5 Å². The number of nitriles is 1. The van der Waals surface area contributed by atoms with Crippen molar-refractivity contribution in [2.75, 3.05) is 0 Å². The average Bonchev–Trinajstić information content (AvgIpc) is 2.80. The van der Waals surface area contributed by atoms with Gasteiger partial charge in [-0.15, -0.1) is 0 Å². The van der Waals surface area contributed by atoms with Crippen LogP contribution in [0.5, 0.6) is 0 Å². The van der Waals surface area contributed by atoms with Crippen LogP contribution in [-0.2, 0) is 7.05 Å². The van der Waals surface area contributed by atoms with Gasteiger partial charge < -0.3 is 4.57 Å². The van der Waals surface area contributed by atoms with Crippen molar-refractivity contribution < 1.29 is 0 Å². The highest BCUT2D eigenvalue weighted by atomic mass is 14.9. The van der Waals surface area contributed by atoms with Crippen LogP contribution in [0, 0.1) is 11.3 Å². The van der Waals surface area contributed by atoms with Crippen LogP contribution in [-0.4, -0.2) is 4.57 Å². The normalized spacial score (nSPS) is 10.4. The summed E-state index contributed by atoms with van der Waals surface area (Å²) in [7, 11) is 2.05. The maximum absolute atomic E-state index is 8.79. The van der Waals surface area contributed by atoms with Gasteiger partial charge in [0.05, 0.1) is 11.6 Å². The van der Waals surface area contributed by atoms with E-state index in [-0.39, 0.29) is 0 Å². The molecule has 0 bridgehead atoms. The van der Waals surface area contributed by atoms with Crippen LogP contribution >= 0.6 is 0 Å². The molecule has 0 aliphatic carbocycles. The fourth-order valence-corrected chi connectivity index (χ4v) is 2.20. The lowest BCUT2D eigenvalue weighted by Gasteiger charge is -2.03. The monoisotopic (exact) mass is 232 g/mol. The van der Waals surface area contributed by atoms with E-state index in [9.17, 15) is 0 Å². The number of hydrogen-bond donors (Lipinski definition) is 0. The first-order valence-corrected chi connectivity index (χ1v) is 5.83. The number of aryl methyl sites for hydroxylation is 1. The van der Waals surface area contributed by atoms with E-state index in [0.29, 0.717) is 5.56 Å². The van der Waals surface area contributed by atoms with E-state index in [2.05, 4.69) is 41.1 Å². The highest BCUT2D eigenvalue weighted by molar-refractivity contribution is 5.85. The summed E-state index contributed by atoms with van der Waals surface area (Å²) in [4.78, 5) is 0. The Morgan fingerprint density at radius 3 is 2.39 bits per heavy atom. The van der Waals surface area contributed by atoms with E-state index in [0.717, 1.165) is 5.56 Å². The Morgan fingerprint density at radius 1 is 0.944 bits per heavy atom. The van der Waals surface area contributed by atoms with Gasteiger partial charge in [-0.25, -0.2) is 0 Å². The van der Waals surface area contributed by atoms with Crippen molar-refractivity contribution >= 4 is 10.9 Å². The highest BCUT2D eigenvalue weighted by Gasteiger charge is 2.02. The summed E-state index contributed by atoms with van der Waals surface area (Å²) in [6.07, 6.45) is 2.06. The molecule has 0 saturated carbocycles. The third kappa shape index (κ3) is 1.66. The van der Waals surface area contributed by atoms with Crippen LogP contribution in [0.3, 0.4) is 0 Å². The Bertz CT molecular complexity index is 743. The first kappa shape index (κ1) is 10.6. The zero-order chi connectivity index (χ0) is 12.5. The van der Waals surface area contributed by atoms with Gasteiger partial charge >= 0.3 is 0 Å². The second kappa shape index (κ2) is 4.05. The molecule has 0 aliphatic rings. The molecule has 0 saturated heterocycles. The quantitative estimate of drug-likeness (QED) is 0.628. The minimum Gasteiger partial charge on any atom is -0.351 e. The molecule has 0 aliphatic heterocycles. The predicted molar refractivity (Wildman–Crippen MR) is 73.1 cm³/mol. The molecule has 1 heterocycles. The number of fused-ring (bicyclic) bond motifs is 1. The Hall–Kier alpha value is -2.53. The van der Waals surface area contributed by atoms with Gasteiger partial charge in [-0.2, -0.15) is 5.26 Å². The molecule has 86 valence electrons. The number of aromatic nitrogens is 1. The van der Waals surface area contributed by atoms with E-state index in [1.54, 1.807) is 0 Å². The zero-order valence-electron chi connectivity index (χ0n) is 10.1. The van der Waals surface area contributed by atoms with Crippen LogP contribution in [0.4, 0.5) is 0 Å². The molecule has 2 aromatic carbocycles. The van der Waals surface area contributed by atoms with Crippen molar-refractivity contribution in [3.05, 3.63) is 60.3 Å². The molecule has 0 radical (unpaired) electrons. The summed E-state index contributed by atoms with van der Waals surface area (Å²) in [6, 6.07) is 18.3. The topological polar surface area (TPSA) is 28.7 Å². The fourth-order valence-electron chi connectivity index (χ4n) is 2.20. The molecule has 0 spiro atoms. The summed E-state index contributed by atoms with van der Waals surface area (Å²) in [6.45, 7) is 0. The van der Waals surface area contributed by atoms with Crippen LogP contribution in [0.15, 0.2) is 54.7 Å². The van der Waals surface area contributed by atoms with Crippen molar-refractivity contribution in [3.63, 3.8) is 0 Å². The molecular formula is C16H12N2. The van der Waals surface area contributed by atoms with Gasteiger partial charge in [0, 0.05) is 24.1 Å². The van der Waals surface area contributed by atoms with Gasteiger partial charge in [-0.1, -0.05) is 18.2 Å². The summed E-state index contributed by atoms with van der Waals surface area (Å²) in [5.74, 6) is 0. The van der Waals surface area contributed by atoms with Crippen LogP contribution in [0.25, 0.3) is 22.0 Å². The molecule has 0 amide bonds. The van der Waals surface area contributed by atoms with Gasteiger partial charge in [0.2, 0.25) is 0 Å². The molecule has 3 rings (SSSR count). The maximum Gasteiger partial charge on any atom is 0.0991 e. The van der Waals surface area contributed by atoms with E-state index < -0.39 is 0 Å². The Labute approximate surface area is 106 Å². The van der Waals surface area contributed by atoms with Crippen molar-refractivity contribution in [2.45, 2.75) is 0 Å². The molecule has 0 N–H and O–H groups in total. The number of hydrogen-bond acceptors (Lipinski definition) is 1. The van der Waals surface area contributed by atoms with Crippen molar-refractivity contribution in [2.24, 2.45) is 7.05 Å². The molecule has 0 unspecified atom stereocenters. The van der Waals surface area contributed by atoms with Crippen molar-refractivity contribution in [3.8, 4) is 17.2 Å². The minimum absolute atomic E-state index is 0.694. The summed E-state index contributed by atoms with van der Waals surface area (Å²) in [5, 5.41) is 10.0. The minimum atomic E-state index is 0.694. The smallest absolute Gasteiger partial charge is 0.0991 e. The number of benzene rings is 2. The van der Waals surface area contributed by atoms with Crippen LogP contribution < -0.4 is 0 Å². The maximum atomic E-state index is 8.79. The predicted octanol–water partition coefficient (Wildman–Crippen LogP) is 3.72. The van der Waals surface area contributed by atoms with Gasteiger partial charge in [0.1, 0.15) is 0 Å². The lowest BCUT2D eigenvalue weighted by molar-refractivity contribution is 0.969. The summed E-state index contributed by atoms with van der Waals surface area (Å²) >= 11 is 0. The molecule has 3 aromatic rings. The van der Waals surface area contributed by atoms with Gasteiger partial charge in [0.25, 0.3) is 0 Å². The fraction of sp³-hybridized carbons (Fsp3) is 0.0625. The van der Waals surface area contributed by atoms with Gasteiger partial charge in [-0.3, -0.25) is 0 Å². The number of rotatable bonds is 1. The van der Waals surface area contributed by atoms with Crippen LogP contribution in [0.2, 0.25) is 0 Å². The molecular weight excluding hydrogens is 220 g/mol. The first-order chi connectivity index (χ1) is 8.78. The van der Waals surface area contributed by atoms with E-state index >= 15 is 0 Å². The Morgan fingerprint density at radius 2 is 1.67 bits per heavy atom. The third-order valence-electron chi connectivity index (χ3n) is 3.23. The standard InChI is InChI=1S/C16H12N2/c1-18-9-8-15-10-14(6-7-16(15)18)13-4-2-12(11-17)3-5-13/h2-10H,1H3. The van der Waals surface area contributed by atoms with Crippen molar-refractivity contribution in [1.29, 1.82) is 5.26 Å². The highest BCUT2D eigenvalue weighted by Crippen LogP contribution is 2.25. The summed E-state index contributed by atoms with van der Waals surface area (Å²) in [5.41, 5.74) is 4.24. The summed E-state index contributed by atoms with van der Waals surface area (Å²) < 4.78 is 2.11. The largest absolute Gasteiger partial charge is 0.351 e. The SMILES string of the molecule is Cn1ccc2cc(-c3ccc(C#N)cc3)ccc21. The van der Waals surface area contributed by atoms with E-state index in [1.807, 2.05) is 31.3 Å². The van der Waals surface area contributed by atoms with E-state index in [4.69, 9.17) is 5.26 Å². The van der Waals surface area contributed by atoms with Crippen LogP contribution in [0.1, 0.15) is 5.56 Å². The zero-order valence-corrected chi connectivity index (χ0v) is 10.1. The second-order valence-corrected chi connectivity index (χ2v) is 4.39. The lowest BCUT2D eigenvalue weighted by atomic mass is 10.0. The van der Waals surface area contributed by atoms with Gasteiger partial charge in [0.15, 0.2) is 0 Å². The molecule has 2 heteroatoms. The number of nitrogens with zero attached hydrogens (tertiary/aromatic N) is 2. The third-order valence-corrected chi connectivity index (χ3v) is 3.23. The van der Waals surface area contributed by atoms with Crippen molar-refractivity contribution in [1.82, 2.24) is 4.57 Å². The average molecular weight is 232 g/mol. The first-order valence-electron chi connectivity index (χ1n) is 5.83. The van der Waals surface area contributed by atoms with E-state index in [1.165, 1.54) is 16.5 Å². The second-order valence-electron chi connectivity index (χ2n) is 4.39. The molecule has 0 fully saturated rings. The molecule has 2 nitrogen and oxygen atoms in total. The lowest BCUT2D eigenvalue weighted by Crippen LogP contribution is -1.84. The molecule has 1 aromatic heterocycles.